The molecular formula is C13H13O2S+. The van der Waals surface area contributed by atoms with E-state index in [2.05, 4.69) is 0 Å². The summed E-state index contributed by atoms with van der Waals surface area (Å²) in [6.45, 7) is 0. The lowest BCUT2D eigenvalue weighted by Crippen LogP contribution is -2.19. The smallest absolute Gasteiger partial charge is 0.232 e. The van der Waals surface area contributed by atoms with Gasteiger partial charge in [-0.3, -0.25) is 0 Å². The first-order valence-corrected chi connectivity index (χ1v) is 7.34. The van der Waals surface area contributed by atoms with Gasteiger partial charge in [-0.05, 0) is 16.8 Å². The van der Waals surface area contributed by atoms with Crippen LogP contribution in [-0.2, 0) is 14.1 Å². The fourth-order valence-corrected chi connectivity index (χ4v) is 2.38. The number of carbonyl (C=O) groups excluding carboxylic acids is 1. The molecule has 16 heavy (non-hydrogen) atoms. The fourth-order valence-electron chi connectivity index (χ4n) is 1.67. The topological polar surface area (TPSA) is 34.1 Å². The Balaban J connectivity index is 2.71. The molecule has 0 N–H and O–H groups in total. The first-order valence-electron chi connectivity index (χ1n) is 4.96. The molecule has 0 bridgehead atoms. The molecule has 0 aliphatic rings. The maximum absolute atomic E-state index is 12.0. The van der Waals surface area contributed by atoms with Crippen molar-refractivity contribution in [1.29, 1.82) is 0 Å². The summed E-state index contributed by atoms with van der Waals surface area (Å²) < 4.78 is 11.8. The number of hydrogen-bond acceptors (Lipinski definition) is 2. The molecule has 0 unspecified atom stereocenters. The van der Waals surface area contributed by atoms with Crippen LogP contribution in [0.5, 0.6) is 0 Å². The zero-order valence-corrected chi connectivity index (χ0v) is 10.1. The van der Waals surface area contributed by atoms with E-state index in [4.69, 9.17) is 0 Å². The molecule has 0 fully saturated rings. The van der Waals surface area contributed by atoms with E-state index in [1.54, 1.807) is 6.07 Å². The number of hydrogen-bond donors (Lipinski definition) is 0. The summed E-state index contributed by atoms with van der Waals surface area (Å²) in [4.78, 5) is 12.0. The molecule has 0 amide bonds. The highest BCUT2D eigenvalue weighted by Crippen LogP contribution is 2.21. The molecule has 0 saturated carbocycles. The summed E-state index contributed by atoms with van der Waals surface area (Å²) in [7, 11) is -2.44. The standard InChI is InChI=1S/C13H13O2S/c1-16(2,15)13(14)12-9-5-7-10-6-3-4-8-11(10)12/h3-9H,1-2H3/q+1. The van der Waals surface area contributed by atoms with Crippen molar-refractivity contribution in [1.82, 2.24) is 0 Å². The Morgan fingerprint density at radius 3 is 2.31 bits per heavy atom. The molecule has 0 aliphatic heterocycles. The van der Waals surface area contributed by atoms with Crippen LogP contribution in [0.4, 0.5) is 0 Å². The van der Waals surface area contributed by atoms with E-state index >= 15 is 0 Å². The Morgan fingerprint density at radius 2 is 1.62 bits per heavy atom. The van der Waals surface area contributed by atoms with Crippen molar-refractivity contribution in [3.63, 3.8) is 0 Å². The second kappa shape index (κ2) is 3.83. The maximum Gasteiger partial charge on any atom is 0.364 e. The van der Waals surface area contributed by atoms with Crippen molar-refractivity contribution in [2.45, 2.75) is 0 Å². The Bertz CT molecular complexity index is 590. The van der Waals surface area contributed by atoms with E-state index in [1.807, 2.05) is 36.4 Å². The molecular weight excluding hydrogens is 220 g/mol. The van der Waals surface area contributed by atoms with Crippen LogP contribution < -0.4 is 0 Å². The lowest BCUT2D eigenvalue weighted by Gasteiger charge is -2.04. The van der Waals surface area contributed by atoms with Gasteiger partial charge in [0, 0.05) is 0 Å². The Hall–Kier alpha value is -1.48. The van der Waals surface area contributed by atoms with Crippen molar-refractivity contribution in [2.75, 3.05) is 12.5 Å². The second-order valence-corrected chi connectivity index (χ2v) is 6.88. The zero-order chi connectivity index (χ0) is 11.8. The van der Waals surface area contributed by atoms with Gasteiger partial charge in [-0.2, -0.15) is 0 Å². The molecule has 2 aromatic rings. The van der Waals surface area contributed by atoms with Crippen LogP contribution in [0.3, 0.4) is 0 Å². The van der Waals surface area contributed by atoms with E-state index in [1.165, 1.54) is 12.5 Å². The third-order valence-electron chi connectivity index (χ3n) is 2.46. The van der Waals surface area contributed by atoms with Gasteiger partial charge in [-0.15, -0.1) is 0 Å². The van der Waals surface area contributed by atoms with E-state index in [0.29, 0.717) is 5.56 Å². The monoisotopic (exact) mass is 233 g/mol. The van der Waals surface area contributed by atoms with Gasteiger partial charge in [-0.25, -0.2) is 4.79 Å². The first-order chi connectivity index (χ1) is 7.50. The average Bonchev–Trinajstić information content (AvgIpc) is 2.26. The lowest BCUT2D eigenvalue weighted by molar-refractivity contribution is 0.108. The van der Waals surface area contributed by atoms with Crippen LogP contribution in [0, 0.1) is 0 Å². The predicted molar refractivity (Wildman–Crippen MR) is 68.2 cm³/mol. The maximum atomic E-state index is 12.0. The summed E-state index contributed by atoms with van der Waals surface area (Å²) in [5.41, 5.74) is 0.549. The van der Waals surface area contributed by atoms with Crippen molar-refractivity contribution < 1.29 is 9.00 Å². The molecule has 0 aromatic heterocycles. The summed E-state index contributed by atoms with van der Waals surface area (Å²) in [5.74, 6) is 0. The first kappa shape index (κ1) is 11.0. The SMILES string of the molecule is C[S+](C)(=O)C(=O)c1cccc2ccccc12. The van der Waals surface area contributed by atoms with E-state index in [9.17, 15) is 9.00 Å². The van der Waals surface area contributed by atoms with E-state index in [-0.39, 0.29) is 5.12 Å². The molecule has 0 heterocycles. The van der Waals surface area contributed by atoms with Gasteiger partial charge in [-0.1, -0.05) is 40.6 Å². The van der Waals surface area contributed by atoms with Gasteiger partial charge in [0.2, 0.25) is 0 Å². The van der Waals surface area contributed by atoms with E-state index in [0.717, 1.165) is 10.8 Å². The number of benzene rings is 2. The third-order valence-corrected chi connectivity index (χ3v) is 3.57. The van der Waals surface area contributed by atoms with E-state index < -0.39 is 9.93 Å². The highest BCUT2D eigenvalue weighted by atomic mass is 32.2. The number of carbonyl (C=O) groups is 1. The summed E-state index contributed by atoms with van der Waals surface area (Å²) in [6, 6.07) is 13.1. The van der Waals surface area contributed by atoms with Crippen LogP contribution in [-0.4, -0.2) is 17.6 Å². The minimum absolute atomic E-state index is 0.274. The predicted octanol–water partition coefficient (Wildman–Crippen LogP) is 2.74. The van der Waals surface area contributed by atoms with Gasteiger partial charge in [0.15, 0.2) is 0 Å². The van der Waals surface area contributed by atoms with Crippen molar-refractivity contribution in [3.8, 4) is 0 Å². The van der Waals surface area contributed by atoms with Gasteiger partial charge in [0.1, 0.15) is 22.4 Å². The molecule has 0 spiro atoms. The largest absolute Gasteiger partial charge is 0.364 e. The van der Waals surface area contributed by atoms with Crippen LogP contribution in [0.1, 0.15) is 10.4 Å². The fraction of sp³-hybridized carbons (Fsp3) is 0.154. The van der Waals surface area contributed by atoms with Gasteiger partial charge in [0.05, 0.1) is 5.56 Å². The quantitative estimate of drug-likeness (QED) is 0.710. The Kier molecular flexibility index (Phi) is 2.64. The second-order valence-electron chi connectivity index (χ2n) is 4.05. The van der Waals surface area contributed by atoms with Crippen LogP contribution >= 0.6 is 0 Å². The molecule has 2 rings (SSSR count). The molecule has 0 saturated heterocycles. The van der Waals surface area contributed by atoms with Gasteiger partial charge >= 0.3 is 5.12 Å². The van der Waals surface area contributed by atoms with Gasteiger partial charge < -0.3 is 0 Å². The highest BCUT2D eigenvalue weighted by Gasteiger charge is 2.29. The third kappa shape index (κ3) is 1.91. The molecule has 2 nitrogen and oxygen atoms in total. The highest BCUT2D eigenvalue weighted by molar-refractivity contribution is 8.15. The number of rotatable bonds is 1. The van der Waals surface area contributed by atoms with Crippen LogP contribution in [0.15, 0.2) is 42.5 Å². The Morgan fingerprint density at radius 1 is 1.00 bits per heavy atom. The minimum Gasteiger partial charge on any atom is -0.232 e. The molecule has 0 radical (unpaired) electrons. The molecule has 2 aromatic carbocycles. The molecule has 82 valence electrons. The average molecular weight is 233 g/mol. The lowest BCUT2D eigenvalue weighted by atomic mass is 10.1. The summed E-state index contributed by atoms with van der Waals surface area (Å²) in [5, 5.41) is 1.59. The summed E-state index contributed by atoms with van der Waals surface area (Å²) >= 11 is 0. The Labute approximate surface area is 95.7 Å². The van der Waals surface area contributed by atoms with Crippen molar-refractivity contribution >= 4 is 25.8 Å². The molecule has 0 atom stereocenters. The van der Waals surface area contributed by atoms with Crippen molar-refractivity contribution in [3.05, 3.63) is 48.0 Å². The van der Waals surface area contributed by atoms with Crippen molar-refractivity contribution in [2.24, 2.45) is 0 Å². The van der Waals surface area contributed by atoms with Gasteiger partial charge in [0.25, 0.3) is 0 Å². The van der Waals surface area contributed by atoms with Crippen LogP contribution in [0.2, 0.25) is 0 Å². The van der Waals surface area contributed by atoms with Crippen LogP contribution in [0.25, 0.3) is 10.8 Å². The number of fused-ring (bicyclic) bond motifs is 1. The zero-order valence-electron chi connectivity index (χ0n) is 9.27. The normalized spacial score (nSPS) is 11.6. The molecule has 3 heteroatoms. The summed E-state index contributed by atoms with van der Waals surface area (Å²) in [6.07, 6.45) is 2.97. The minimum atomic E-state index is -2.44. The molecule has 0 aliphatic carbocycles.